The lowest BCUT2D eigenvalue weighted by Gasteiger charge is -2.20. The van der Waals surface area contributed by atoms with Gasteiger partial charge in [0.05, 0.1) is 10.6 Å². The van der Waals surface area contributed by atoms with Gasteiger partial charge in [-0.2, -0.15) is 0 Å². The summed E-state index contributed by atoms with van der Waals surface area (Å²) in [5.41, 5.74) is 7.20. The molecule has 1 rings (SSSR count). The first-order valence-electron chi connectivity index (χ1n) is 6.77. The maximum atomic E-state index is 6.04. The summed E-state index contributed by atoms with van der Waals surface area (Å²) >= 11 is 3.56. The second kappa shape index (κ2) is 8.56. The van der Waals surface area contributed by atoms with Crippen molar-refractivity contribution < 1.29 is 9.47 Å². The SMILES string of the molecule is CCC(N)Cc1cccc(Br)c1OC(C)CCOC. The average molecular weight is 330 g/mol. The van der Waals surface area contributed by atoms with Gasteiger partial charge in [-0.3, -0.25) is 0 Å². The number of nitrogens with two attached hydrogens (primary N) is 1. The summed E-state index contributed by atoms with van der Waals surface area (Å²) in [5, 5.41) is 0. The maximum absolute atomic E-state index is 6.04. The van der Waals surface area contributed by atoms with Crippen molar-refractivity contribution in [2.24, 2.45) is 5.73 Å². The molecule has 1 aromatic carbocycles. The van der Waals surface area contributed by atoms with Gasteiger partial charge in [0, 0.05) is 26.2 Å². The fraction of sp³-hybridized carbons (Fsp3) is 0.600. The number of methoxy groups -OCH3 is 1. The Kier molecular flexibility index (Phi) is 7.42. The zero-order valence-corrected chi connectivity index (χ0v) is 13.6. The standard InChI is InChI=1S/C15H24BrNO2/c1-4-13(17)10-12-6-5-7-14(16)15(12)19-11(2)8-9-18-3/h5-7,11,13H,4,8-10,17H2,1-3H3. The first kappa shape index (κ1) is 16.5. The number of hydrogen-bond donors (Lipinski definition) is 1. The van der Waals surface area contributed by atoms with Crippen molar-refractivity contribution >= 4 is 15.9 Å². The lowest BCUT2D eigenvalue weighted by atomic mass is 10.0. The topological polar surface area (TPSA) is 44.5 Å². The molecule has 3 nitrogen and oxygen atoms in total. The van der Waals surface area contributed by atoms with Crippen molar-refractivity contribution in [1.82, 2.24) is 0 Å². The van der Waals surface area contributed by atoms with Crippen molar-refractivity contribution in [1.29, 1.82) is 0 Å². The van der Waals surface area contributed by atoms with Crippen LogP contribution in [0.1, 0.15) is 32.3 Å². The van der Waals surface area contributed by atoms with Gasteiger partial charge >= 0.3 is 0 Å². The van der Waals surface area contributed by atoms with E-state index in [4.69, 9.17) is 15.2 Å². The molecule has 108 valence electrons. The Labute approximate surface area is 124 Å². The number of rotatable bonds is 8. The van der Waals surface area contributed by atoms with Gasteiger partial charge in [0.2, 0.25) is 0 Å². The second-order valence-electron chi connectivity index (χ2n) is 4.81. The molecule has 0 fully saturated rings. The van der Waals surface area contributed by atoms with E-state index in [0.717, 1.165) is 35.0 Å². The zero-order chi connectivity index (χ0) is 14.3. The monoisotopic (exact) mass is 329 g/mol. The summed E-state index contributed by atoms with van der Waals surface area (Å²) in [6.45, 7) is 4.86. The predicted octanol–water partition coefficient (Wildman–Crippen LogP) is 3.53. The average Bonchev–Trinajstić information content (AvgIpc) is 2.40. The minimum atomic E-state index is 0.121. The van der Waals surface area contributed by atoms with Gasteiger partial charge in [-0.15, -0.1) is 0 Å². The Bertz CT molecular complexity index is 384. The lowest BCUT2D eigenvalue weighted by molar-refractivity contribution is 0.134. The van der Waals surface area contributed by atoms with E-state index in [1.165, 1.54) is 0 Å². The van der Waals surface area contributed by atoms with E-state index in [-0.39, 0.29) is 12.1 Å². The van der Waals surface area contributed by atoms with Crippen molar-refractivity contribution in [3.63, 3.8) is 0 Å². The minimum Gasteiger partial charge on any atom is -0.489 e. The third-order valence-corrected chi connectivity index (χ3v) is 3.73. The molecule has 19 heavy (non-hydrogen) atoms. The quantitative estimate of drug-likeness (QED) is 0.793. The van der Waals surface area contributed by atoms with Crippen LogP contribution in [0.4, 0.5) is 0 Å². The molecule has 0 saturated heterocycles. The molecule has 2 atom stereocenters. The minimum absolute atomic E-state index is 0.121. The zero-order valence-electron chi connectivity index (χ0n) is 12.0. The van der Waals surface area contributed by atoms with Crippen LogP contribution in [0.3, 0.4) is 0 Å². The second-order valence-corrected chi connectivity index (χ2v) is 5.66. The summed E-state index contributed by atoms with van der Waals surface area (Å²) in [6.07, 6.45) is 2.79. The number of para-hydroxylation sites is 1. The van der Waals surface area contributed by atoms with Crippen LogP contribution in [-0.4, -0.2) is 25.9 Å². The van der Waals surface area contributed by atoms with E-state index in [1.807, 2.05) is 12.1 Å². The van der Waals surface area contributed by atoms with E-state index in [1.54, 1.807) is 7.11 Å². The molecule has 2 unspecified atom stereocenters. The normalized spacial score (nSPS) is 14.2. The fourth-order valence-corrected chi connectivity index (χ4v) is 2.32. The van der Waals surface area contributed by atoms with Gasteiger partial charge in [-0.05, 0) is 47.3 Å². The molecule has 0 saturated carbocycles. The van der Waals surface area contributed by atoms with Crippen LogP contribution in [0.5, 0.6) is 5.75 Å². The molecular formula is C15H24BrNO2. The molecule has 0 aliphatic carbocycles. The van der Waals surface area contributed by atoms with E-state index >= 15 is 0 Å². The molecule has 0 heterocycles. The Balaban J connectivity index is 2.79. The molecule has 0 spiro atoms. The highest BCUT2D eigenvalue weighted by atomic mass is 79.9. The first-order valence-corrected chi connectivity index (χ1v) is 7.56. The van der Waals surface area contributed by atoms with Crippen molar-refractivity contribution in [3.05, 3.63) is 28.2 Å². The Morgan fingerprint density at radius 2 is 2.11 bits per heavy atom. The third-order valence-electron chi connectivity index (χ3n) is 3.10. The molecule has 0 aliphatic heterocycles. The molecule has 0 aromatic heterocycles. The fourth-order valence-electron chi connectivity index (χ4n) is 1.82. The number of ether oxygens (including phenoxy) is 2. The summed E-state index contributed by atoms with van der Waals surface area (Å²) in [5.74, 6) is 0.912. The van der Waals surface area contributed by atoms with Crippen LogP contribution in [0.15, 0.2) is 22.7 Å². The Morgan fingerprint density at radius 3 is 2.74 bits per heavy atom. The number of hydrogen-bond acceptors (Lipinski definition) is 3. The van der Waals surface area contributed by atoms with Crippen LogP contribution < -0.4 is 10.5 Å². The molecule has 0 aliphatic rings. The predicted molar refractivity (Wildman–Crippen MR) is 82.7 cm³/mol. The van der Waals surface area contributed by atoms with Gasteiger partial charge < -0.3 is 15.2 Å². The third kappa shape index (κ3) is 5.51. The van der Waals surface area contributed by atoms with E-state index < -0.39 is 0 Å². The summed E-state index contributed by atoms with van der Waals surface area (Å²) < 4.78 is 12.1. The van der Waals surface area contributed by atoms with Crippen LogP contribution in [0, 0.1) is 0 Å². The smallest absolute Gasteiger partial charge is 0.137 e. The molecule has 1 aromatic rings. The number of halogens is 1. The van der Waals surface area contributed by atoms with Crippen LogP contribution in [0.2, 0.25) is 0 Å². The lowest BCUT2D eigenvalue weighted by Crippen LogP contribution is -2.22. The molecule has 2 N–H and O–H groups in total. The van der Waals surface area contributed by atoms with E-state index in [2.05, 4.69) is 35.8 Å². The van der Waals surface area contributed by atoms with Crippen molar-refractivity contribution in [2.75, 3.05) is 13.7 Å². The van der Waals surface area contributed by atoms with E-state index in [9.17, 15) is 0 Å². The van der Waals surface area contributed by atoms with Gasteiger partial charge in [0.1, 0.15) is 5.75 Å². The maximum Gasteiger partial charge on any atom is 0.137 e. The van der Waals surface area contributed by atoms with Crippen LogP contribution >= 0.6 is 15.9 Å². The van der Waals surface area contributed by atoms with Crippen LogP contribution in [0.25, 0.3) is 0 Å². The molecular weight excluding hydrogens is 306 g/mol. The summed E-state index contributed by atoms with van der Waals surface area (Å²) in [7, 11) is 1.71. The van der Waals surface area contributed by atoms with E-state index in [0.29, 0.717) is 6.61 Å². The van der Waals surface area contributed by atoms with Gasteiger partial charge in [-0.1, -0.05) is 19.1 Å². The van der Waals surface area contributed by atoms with Crippen LogP contribution in [-0.2, 0) is 11.2 Å². The summed E-state index contributed by atoms with van der Waals surface area (Å²) in [4.78, 5) is 0. The molecule has 0 amide bonds. The highest BCUT2D eigenvalue weighted by Crippen LogP contribution is 2.31. The first-order chi connectivity index (χ1) is 9.08. The Morgan fingerprint density at radius 1 is 1.37 bits per heavy atom. The number of benzene rings is 1. The highest BCUT2D eigenvalue weighted by molar-refractivity contribution is 9.10. The van der Waals surface area contributed by atoms with Gasteiger partial charge in [-0.25, -0.2) is 0 Å². The van der Waals surface area contributed by atoms with Gasteiger partial charge in [0.25, 0.3) is 0 Å². The van der Waals surface area contributed by atoms with Crippen molar-refractivity contribution in [3.8, 4) is 5.75 Å². The summed E-state index contributed by atoms with van der Waals surface area (Å²) in [6, 6.07) is 6.28. The largest absolute Gasteiger partial charge is 0.489 e. The highest BCUT2D eigenvalue weighted by Gasteiger charge is 2.13. The van der Waals surface area contributed by atoms with Crippen molar-refractivity contribution in [2.45, 2.75) is 45.3 Å². The molecule has 4 heteroatoms. The molecule has 0 bridgehead atoms. The molecule has 0 radical (unpaired) electrons. The Hall–Kier alpha value is -0.580. The van der Waals surface area contributed by atoms with Gasteiger partial charge in [0.15, 0.2) is 0 Å².